The van der Waals surface area contributed by atoms with E-state index >= 15 is 0 Å². The first kappa shape index (κ1) is 9.94. The Morgan fingerprint density at radius 2 is 2.06 bits per heavy atom. The molecule has 0 amide bonds. The van der Waals surface area contributed by atoms with E-state index in [4.69, 9.17) is 5.73 Å². The molecule has 3 nitrogen and oxygen atoms in total. The average molecular weight is 217 g/mol. The highest BCUT2D eigenvalue weighted by Gasteiger charge is 2.36. The van der Waals surface area contributed by atoms with Gasteiger partial charge < -0.3 is 10.6 Å². The maximum atomic E-state index is 5.76. The molecule has 0 radical (unpaired) electrons. The quantitative estimate of drug-likeness (QED) is 0.785. The number of anilines is 2. The van der Waals surface area contributed by atoms with Crippen molar-refractivity contribution in [1.82, 2.24) is 4.98 Å². The molecule has 2 heterocycles. The van der Waals surface area contributed by atoms with Gasteiger partial charge in [0.1, 0.15) is 11.6 Å². The van der Waals surface area contributed by atoms with Gasteiger partial charge in [0, 0.05) is 12.6 Å². The van der Waals surface area contributed by atoms with E-state index in [1.54, 1.807) is 0 Å². The highest BCUT2D eigenvalue weighted by Crippen LogP contribution is 2.38. The zero-order valence-corrected chi connectivity index (χ0v) is 9.60. The Morgan fingerprint density at radius 1 is 1.19 bits per heavy atom. The molecule has 1 aliphatic heterocycles. The molecule has 3 rings (SSSR count). The molecule has 1 aromatic heterocycles. The van der Waals surface area contributed by atoms with E-state index in [0.717, 1.165) is 24.3 Å². The van der Waals surface area contributed by atoms with Crippen molar-refractivity contribution < 1.29 is 0 Å². The first-order chi connectivity index (χ1) is 7.84. The molecule has 2 aliphatic rings. The van der Waals surface area contributed by atoms with Crippen molar-refractivity contribution in [2.24, 2.45) is 5.92 Å². The van der Waals surface area contributed by atoms with Crippen LogP contribution in [0.1, 0.15) is 32.1 Å². The number of nitrogens with two attached hydrogens (primary N) is 1. The van der Waals surface area contributed by atoms with Crippen LogP contribution in [0.15, 0.2) is 18.2 Å². The molecule has 1 saturated carbocycles. The molecule has 16 heavy (non-hydrogen) atoms. The summed E-state index contributed by atoms with van der Waals surface area (Å²) in [5.41, 5.74) is 5.76. The van der Waals surface area contributed by atoms with Gasteiger partial charge in [0.15, 0.2) is 0 Å². The van der Waals surface area contributed by atoms with Crippen LogP contribution in [0.4, 0.5) is 11.6 Å². The second-order valence-corrected chi connectivity index (χ2v) is 5.01. The van der Waals surface area contributed by atoms with Gasteiger partial charge in [-0.05, 0) is 37.3 Å². The lowest BCUT2D eigenvalue weighted by molar-refractivity contribution is 0.341. The molecule has 2 unspecified atom stereocenters. The van der Waals surface area contributed by atoms with Crippen molar-refractivity contribution in [3.05, 3.63) is 18.2 Å². The summed E-state index contributed by atoms with van der Waals surface area (Å²) >= 11 is 0. The van der Waals surface area contributed by atoms with Crippen LogP contribution >= 0.6 is 0 Å². The van der Waals surface area contributed by atoms with E-state index in [9.17, 15) is 0 Å². The maximum absolute atomic E-state index is 5.76. The molecule has 1 aliphatic carbocycles. The van der Waals surface area contributed by atoms with Gasteiger partial charge in [0.2, 0.25) is 0 Å². The Hall–Kier alpha value is -1.25. The second-order valence-electron chi connectivity index (χ2n) is 5.01. The van der Waals surface area contributed by atoms with Crippen LogP contribution in [0.5, 0.6) is 0 Å². The highest BCUT2D eigenvalue weighted by molar-refractivity contribution is 5.46. The predicted octanol–water partition coefficient (Wildman–Crippen LogP) is 2.43. The molecule has 3 heteroatoms. The third-order valence-corrected chi connectivity index (χ3v) is 4.06. The summed E-state index contributed by atoms with van der Waals surface area (Å²) in [7, 11) is 0. The summed E-state index contributed by atoms with van der Waals surface area (Å²) in [6.07, 6.45) is 6.87. The third kappa shape index (κ3) is 1.64. The molecule has 2 N–H and O–H groups in total. The van der Waals surface area contributed by atoms with Gasteiger partial charge in [0.25, 0.3) is 0 Å². The number of pyridine rings is 1. The van der Waals surface area contributed by atoms with Crippen molar-refractivity contribution >= 4 is 11.6 Å². The van der Waals surface area contributed by atoms with Crippen molar-refractivity contribution in [3.8, 4) is 0 Å². The summed E-state index contributed by atoms with van der Waals surface area (Å²) in [4.78, 5) is 6.92. The van der Waals surface area contributed by atoms with Crippen LogP contribution in [0.2, 0.25) is 0 Å². The van der Waals surface area contributed by atoms with E-state index < -0.39 is 0 Å². The molecular weight excluding hydrogens is 198 g/mol. The summed E-state index contributed by atoms with van der Waals surface area (Å²) in [6, 6.07) is 6.68. The average Bonchev–Trinajstić information content (AvgIpc) is 2.72. The molecule has 1 aromatic rings. The van der Waals surface area contributed by atoms with Crippen LogP contribution in [0.25, 0.3) is 0 Å². The number of fused-ring (bicyclic) bond motifs is 1. The van der Waals surface area contributed by atoms with Crippen LogP contribution < -0.4 is 10.6 Å². The zero-order valence-electron chi connectivity index (χ0n) is 9.60. The molecule has 0 aromatic carbocycles. The smallest absolute Gasteiger partial charge is 0.131 e. The minimum atomic E-state index is 0.636. The summed E-state index contributed by atoms with van der Waals surface area (Å²) < 4.78 is 0. The van der Waals surface area contributed by atoms with Gasteiger partial charge in [-0.1, -0.05) is 18.9 Å². The SMILES string of the molecule is Nc1cccc(N2CCC3CCCCC32)n1. The number of hydrogen-bond donors (Lipinski definition) is 1. The van der Waals surface area contributed by atoms with Crippen LogP contribution in [-0.4, -0.2) is 17.6 Å². The van der Waals surface area contributed by atoms with Crippen LogP contribution in [0.3, 0.4) is 0 Å². The van der Waals surface area contributed by atoms with Gasteiger partial charge in [-0.2, -0.15) is 0 Å². The van der Waals surface area contributed by atoms with E-state index in [2.05, 4.69) is 16.0 Å². The Balaban J connectivity index is 1.85. The number of nitrogen functional groups attached to an aromatic ring is 1. The Bertz CT molecular complexity index is 377. The largest absolute Gasteiger partial charge is 0.384 e. The van der Waals surface area contributed by atoms with E-state index in [0.29, 0.717) is 5.82 Å². The molecule has 0 spiro atoms. The fourth-order valence-corrected chi connectivity index (χ4v) is 3.29. The summed E-state index contributed by atoms with van der Waals surface area (Å²) in [6.45, 7) is 1.16. The minimum absolute atomic E-state index is 0.636. The normalized spacial score (nSPS) is 29.1. The zero-order chi connectivity index (χ0) is 11.0. The molecule has 86 valence electrons. The van der Waals surface area contributed by atoms with Gasteiger partial charge >= 0.3 is 0 Å². The number of nitrogens with zero attached hydrogens (tertiary/aromatic N) is 2. The molecule has 2 atom stereocenters. The number of rotatable bonds is 1. The van der Waals surface area contributed by atoms with Crippen molar-refractivity contribution in [2.45, 2.75) is 38.1 Å². The number of aromatic nitrogens is 1. The number of hydrogen-bond acceptors (Lipinski definition) is 3. The lowest BCUT2D eigenvalue weighted by Gasteiger charge is -2.32. The molecule has 0 bridgehead atoms. The van der Waals surface area contributed by atoms with E-state index in [1.807, 2.05) is 12.1 Å². The van der Waals surface area contributed by atoms with Crippen molar-refractivity contribution in [3.63, 3.8) is 0 Å². The van der Waals surface area contributed by atoms with Crippen molar-refractivity contribution in [1.29, 1.82) is 0 Å². The van der Waals surface area contributed by atoms with Gasteiger partial charge in [-0.15, -0.1) is 0 Å². The third-order valence-electron chi connectivity index (χ3n) is 4.06. The Kier molecular flexibility index (Phi) is 2.46. The van der Waals surface area contributed by atoms with Gasteiger partial charge in [0.05, 0.1) is 0 Å². The van der Waals surface area contributed by atoms with Crippen molar-refractivity contribution in [2.75, 3.05) is 17.2 Å². The minimum Gasteiger partial charge on any atom is -0.384 e. The Labute approximate surface area is 96.7 Å². The van der Waals surface area contributed by atoms with Gasteiger partial charge in [-0.3, -0.25) is 0 Å². The monoisotopic (exact) mass is 217 g/mol. The van der Waals surface area contributed by atoms with Crippen LogP contribution in [0, 0.1) is 5.92 Å². The lowest BCUT2D eigenvalue weighted by Crippen LogP contribution is -2.35. The topological polar surface area (TPSA) is 42.1 Å². The second kappa shape index (κ2) is 3.96. The molecular formula is C13H19N3. The summed E-state index contributed by atoms with van der Waals surface area (Å²) in [5.74, 6) is 2.61. The summed E-state index contributed by atoms with van der Waals surface area (Å²) in [5, 5.41) is 0. The maximum Gasteiger partial charge on any atom is 0.131 e. The van der Waals surface area contributed by atoms with E-state index in [1.165, 1.54) is 32.1 Å². The fourth-order valence-electron chi connectivity index (χ4n) is 3.29. The molecule has 1 saturated heterocycles. The standard InChI is InChI=1S/C13H19N3/c14-12-6-3-7-13(15-12)16-9-8-10-4-1-2-5-11(10)16/h3,6-7,10-11H,1-2,4-5,8-9H2,(H2,14,15). The first-order valence-electron chi connectivity index (χ1n) is 6.34. The predicted molar refractivity (Wildman–Crippen MR) is 66.4 cm³/mol. The van der Waals surface area contributed by atoms with Crippen LogP contribution in [-0.2, 0) is 0 Å². The Morgan fingerprint density at radius 3 is 2.94 bits per heavy atom. The van der Waals surface area contributed by atoms with Gasteiger partial charge in [-0.25, -0.2) is 4.98 Å². The highest BCUT2D eigenvalue weighted by atomic mass is 15.2. The lowest BCUT2D eigenvalue weighted by atomic mass is 9.85. The molecule has 2 fully saturated rings. The fraction of sp³-hybridized carbons (Fsp3) is 0.615. The first-order valence-corrected chi connectivity index (χ1v) is 6.34. The van der Waals surface area contributed by atoms with E-state index in [-0.39, 0.29) is 0 Å².